The maximum atomic E-state index is 12.9. The van der Waals surface area contributed by atoms with E-state index in [1.807, 2.05) is 19.1 Å². The first-order valence-electron chi connectivity index (χ1n) is 10.0. The molecule has 7 nitrogen and oxygen atoms in total. The van der Waals surface area contributed by atoms with Gasteiger partial charge in [0.2, 0.25) is 10.0 Å². The molecular formula is C22H25ClN2O5S. The van der Waals surface area contributed by atoms with Gasteiger partial charge in [-0.25, -0.2) is 8.42 Å². The SMILES string of the molecule is Cc1ccc(S(=O)(=O)N2CCC[C@H]2C(=O)OCC(=O)NCCc2ccc(Cl)cc2)cc1. The number of nitrogens with zero attached hydrogens (tertiary/aromatic N) is 1. The van der Waals surface area contributed by atoms with E-state index in [1.165, 1.54) is 16.4 Å². The Bertz CT molecular complexity index is 1020. The summed E-state index contributed by atoms with van der Waals surface area (Å²) in [4.78, 5) is 24.6. The molecule has 1 amide bonds. The molecular weight excluding hydrogens is 440 g/mol. The topological polar surface area (TPSA) is 92.8 Å². The fourth-order valence-electron chi connectivity index (χ4n) is 3.39. The van der Waals surface area contributed by atoms with E-state index in [0.29, 0.717) is 30.8 Å². The molecule has 2 aromatic rings. The van der Waals surface area contributed by atoms with Crippen molar-refractivity contribution in [3.8, 4) is 0 Å². The van der Waals surface area contributed by atoms with Crippen LogP contribution in [0.5, 0.6) is 0 Å². The molecule has 31 heavy (non-hydrogen) atoms. The number of hydrogen-bond acceptors (Lipinski definition) is 5. The number of rotatable bonds is 8. The van der Waals surface area contributed by atoms with E-state index in [2.05, 4.69) is 5.32 Å². The molecule has 0 spiro atoms. The molecule has 0 saturated carbocycles. The molecule has 1 saturated heterocycles. The molecule has 1 aliphatic heterocycles. The Morgan fingerprint density at radius 3 is 2.48 bits per heavy atom. The molecule has 3 rings (SSSR count). The number of aryl methyl sites for hydroxylation is 1. The van der Waals surface area contributed by atoms with Crippen LogP contribution in [0.1, 0.15) is 24.0 Å². The number of sulfonamides is 1. The highest BCUT2D eigenvalue weighted by Gasteiger charge is 2.40. The molecule has 0 radical (unpaired) electrons. The second-order valence-electron chi connectivity index (χ2n) is 7.42. The number of amides is 1. The predicted molar refractivity (Wildman–Crippen MR) is 117 cm³/mol. The Kier molecular flexibility index (Phi) is 7.69. The van der Waals surface area contributed by atoms with E-state index >= 15 is 0 Å². The van der Waals surface area contributed by atoms with Crippen molar-refractivity contribution in [1.82, 2.24) is 9.62 Å². The number of halogens is 1. The van der Waals surface area contributed by atoms with Crippen molar-refractivity contribution in [3.05, 3.63) is 64.7 Å². The lowest BCUT2D eigenvalue weighted by atomic mass is 10.1. The molecule has 0 aliphatic carbocycles. The van der Waals surface area contributed by atoms with Crippen molar-refractivity contribution in [2.24, 2.45) is 0 Å². The van der Waals surface area contributed by atoms with Gasteiger partial charge in [-0.05, 0) is 56.0 Å². The second-order valence-corrected chi connectivity index (χ2v) is 9.75. The second kappa shape index (κ2) is 10.3. The molecule has 0 unspecified atom stereocenters. The minimum atomic E-state index is -3.81. The van der Waals surface area contributed by atoms with Gasteiger partial charge in [-0.15, -0.1) is 0 Å². The highest BCUT2D eigenvalue weighted by molar-refractivity contribution is 7.89. The Balaban J connectivity index is 1.50. The first-order valence-corrected chi connectivity index (χ1v) is 11.9. The van der Waals surface area contributed by atoms with Crippen molar-refractivity contribution in [2.45, 2.75) is 37.1 Å². The van der Waals surface area contributed by atoms with Crippen LogP contribution in [-0.4, -0.2) is 50.3 Å². The Labute approximate surface area is 187 Å². The van der Waals surface area contributed by atoms with Crippen LogP contribution >= 0.6 is 11.6 Å². The zero-order valence-electron chi connectivity index (χ0n) is 17.2. The number of hydrogen-bond donors (Lipinski definition) is 1. The molecule has 1 fully saturated rings. The molecule has 9 heteroatoms. The van der Waals surface area contributed by atoms with Gasteiger partial charge in [0.15, 0.2) is 6.61 Å². The summed E-state index contributed by atoms with van der Waals surface area (Å²) in [5.74, 6) is -1.14. The molecule has 0 bridgehead atoms. The van der Waals surface area contributed by atoms with Crippen LogP contribution in [-0.2, 0) is 30.8 Å². The van der Waals surface area contributed by atoms with E-state index in [1.54, 1.807) is 24.3 Å². The zero-order valence-corrected chi connectivity index (χ0v) is 18.8. The quantitative estimate of drug-likeness (QED) is 0.606. The lowest BCUT2D eigenvalue weighted by Crippen LogP contribution is -2.42. The van der Waals surface area contributed by atoms with Crippen LogP contribution in [0.25, 0.3) is 0 Å². The Hall–Kier alpha value is -2.42. The predicted octanol–water partition coefficient (Wildman–Crippen LogP) is 2.70. The van der Waals surface area contributed by atoms with Gasteiger partial charge in [0.25, 0.3) is 5.91 Å². The van der Waals surface area contributed by atoms with Crippen molar-refractivity contribution in [3.63, 3.8) is 0 Å². The zero-order chi connectivity index (χ0) is 22.4. The smallest absolute Gasteiger partial charge is 0.324 e. The van der Waals surface area contributed by atoms with E-state index in [4.69, 9.17) is 16.3 Å². The summed E-state index contributed by atoms with van der Waals surface area (Å²) in [6, 6.07) is 12.9. The third kappa shape index (κ3) is 6.06. The van der Waals surface area contributed by atoms with E-state index < -0.39 is 34.5 Å². The number of carbonyl (C=O) groups excluding carboxylic acids is 2. The average Bonchev–Trinajstić information content (AvgIpc) is 3.25. The third-order valence-electron chi connectivity index (χ3n) is 5.10. The van der Waals surface area contributed by atoms with Crippen molar-refractivity contribution < 1.29 is 22.7 Å². The third-order valence-corrected chi connectivity index (χ3v) is 7.27. The number of esters is 1. The van der Waals surface area contributed by atoms with Gasteiger partial charge >= 0.3 is 5.97 Å². The summed E-state index contributed by atoms with van der Waals surface area (Å²) in [6.07, 6.45) is 1.53. The normalized spacial score (nSPS) is 16.8. The highest BCUT2D eigenvalue weighted by Crippen LogP contribution is 2.27. The number of nitrogens with one attached hydrogen (secondary N) is 1. The molecule has 1 atom stereocenters. The molecule has 1 N–H and O–H groups in total. The summed E-state index contributed by atoms with van der Waals surface area (Å²) >= 11 is 5.84. The van der Waals surface area contributed by atoms with Crippen LogP contribution in [0.15, 0.2) is 53.4 Å². The Morgan fingerprint density at radius 1 is 1.13 bits per heavy atom. The highest BCUT2D eigenvalue weighted by atomic mass is 35.5. The lowest BCUT2D eigenvalue weighted by molar-refractivity contribution is -0.151. The maximum Gasteiger partial charge on any atom is 0.324 e. The number of benzene rings is 2. The monoisotopic (exact) mass is 464 g/mol. The minimum Gasteiger partial charge on any atom is -0.454 e. The minimum absolute atomic E-state index is 0.137. The molecule has 1 heterocycles. The molecule has 166 valence electrons. The summed E-state index contributed by atoms with van der Waals surface area (Å²) in [6.45, 7) is 2.04. The van der Waals surface area contributed by atoms with Gasteiger partial charge in [0.1, 0.15) is 6.04 Å². The van der Waals surface area contributed by atoms with Crippen LogP contribution in [0.3, 0.4) is 0 Å². The van der Waals surface area contributed by atoms with Crippen LogP contribution < -0.4 is 5.32 Å². The van der Waals surface area contributed by atoms with Crippen molar-refractivity contribution in [2.75, 3.05) is 19.7 Å². The van der Waals surface area contributed by atoms with Gasteiger partial charge in [0.05, 0.1) is 4.90 Å². The standard InChI is InChI=1S/C22H25ClN2O5S/c1-16-4-10-19(11-5-16)31(28,29)25-14-2-3-20(25)22(27)30-15-21(26)24-13-12-17-6-8-18(23)9-7-17/h4-11,20H,2-3,12-15H2,1H3,(H,24,26)/t20-/m0/s1. The lowest BCUT2D eigenvalue weighted by Gasteiger charge is -2.22. The van der Waals surface area contributed by atoms with E-state index in [9.17, 15) is 18.0 Å². The van der Waals surface area contributed by atoms with Gasteiger partial charge in [-0.2, -0.15) is 4.31 Å². The van der Waals surface area contributed by atoms with Crippen LogP contribution in [0.4, 0.5) is 0 Å². The first kappa shape index (κ1) is 23.2. The van der Waals surface area contributed by atoms with Crippen molar-refractivity contribution >= 4 is 33.5 Å². The fourth-order valence-corrected chi connectivity index (χ4v) is 5.16. The van der Waals surface area contributed by atoms with Gasteiger partial charge in [-0.1, -0.05) is 41.4 Å². The largest absolute Gasteiger partial charge is 0.454 e. The Morgan fingerprint density at radius 2 is 1.81 bits per heavy atom. The number of ether oxygens (including phenoxy) is 1. The van der Waals surface area contributed by atoms with E-state index in [0.717, 1.165) is 11.1 Å². The van der Waals surface area contributed by atoms with Crippen LogP contribution in [0, 0.1) is 6.92 Å². The summed E-state index contributed by atoms with van der Waals surface area (Å²) in [5, 5.41) is 3.33. The summed E-state index contributed by atoms with van der Waals surface area (Å²) in [5.41, 5.74) is 1.96. The summed E-state index contributed by atoms with van der Waals surface area (Å²) < 4.78 is 32.1. The van der Waals surface area contributed by atoms with Gasteiger partial charge < -0.3 is 10.1 Å². The molecule has 1 aliphatic rings. The fraction of sp³-hybridized carbons (Fsp3) is 0.364. The number of carbonyl (C=O) groups is 2. The first-order chi connectivity index (χ1) is 14.8. The van der Waals surface area contributed by atoms with Crippen molar-refractivity contribution in [1.29, 1.82) is 0 Å². The van der Waals surface area contributed by atoms with Gasteiger partial charge in [-0.3, -0.25) is 9.59 Å². The van der Waals surface area contributed by atoms with Crippen LogP contribution in [0.2, 0.25) is 5.02 Å². The molecule has 2 aromatic carbocycles. The van der Waals surface area contributed by atoms with E-state index in [-0.39, 0.29) is 11.4 Å². The summed E-state index contributed by atoms with van der Waals surface area (Å²) in [7, 11) is -3.81. The maximum absolute atomic E-state index is 12.9. The molecule has 0 aromatic heterocycles. The average molecular weight is 465 g/mol. The van der Waals surface area contributed by atoms with Gasteiger partial charge in [0, 0.05) is 18.1 Å².